The standard InChI is InChI=1S/C24H39N7O6S/c1-14(32)19(25)22(35)29-16(9-6-11-28-24(26)27)20(33)31-18(13-15-7-4-3-5-8-15)21(34)30-17(23(36)37)10-12-38-2/h3-5,7-8,14,16-19,32H,6,9-13,25H2,1-2H3,(H,29,35)(H,30,34)(H,31,33)(H,36,37)(H4,26,27,28). The molecule has 0 aliphatic carbocycles. The van der Waals surface area contributed by atoms with E-state index in [0.29, 0.717) is 12.2 Å². The molecule has 0 heterocycles. The summed E-state index contributed by atoms with van der Waals surface area (Å²) in [4.78, 5) is 54.4. The Bertz CT molecular complexity index is 943. The van der Waals surface area contributed by atoms with Crippen LogP contribution in [0.5, 0.6) is 0 Å². The lowest BCUT2D eigenvalue weighted by atomic mass is 10.0. The number of carbonyl (C=O) groups is 4. The van der Waals surface area contributed by atoms with Gasteiger partial charge >= 0.3 is 5.97 Å². The van der Waals surface area contributed by atoms with Crippen LogP contribution in [0.3, 0.4) is 0 Å². The first-order chi connectivity index (χ1) is 18.0. The number of amides is 3. The van der Waals surface area contributed by atoms with Crippen LogP contribution in [0, 0.1) is 0 Å². The van der Waals surface area contributed by atoms with E-state index in [1.165, 1.54) is 18.7 Å². The van der Waals surface area contributed by atoms with Crippen LogP contribution in [-0.4, -0.2) is 88.7 Å². The maximum absolute atomic E-state index is 13.3. The highest BCUT2D eigenvalue weighted by Gasteiger charge is 2.31. The molecular formula is C24H39N7O6S. The number of aliphatic hydroxyl groups excluding tert-OH is 1. The minimum absolute atomic E-state index is 0.0785. The predicted octanol–water partition coefficient (Wildman–Crippen LogP) is -1.72. The van der Waals surface area contributed by atoms with Crippen molar-refractivity contribution in [3.63, 3.8) is 0 Å². The third-order valence-corrected chi connectivity index (χ3v) is 6.19. The average Bonchev–Trinajstić information content (AvgIpc) is 2.87. The van der Waals surface area contributed by atoms with E-state index in [1.54, 1.807) is 30.3 Å². The number of aliphatic carboxylic acids is 1. The number of hydrogen-bond donors (Lipinski definition) is 8. The molecule has 0 spiro atoms. The number of benzene rings is 1. The highest BCUT2D eigenvalue weighted by molar-refractivity contribution is 7.98. The van der Waals surface area contributed by atoms with E-state index in [-0.39, 0.29) is 31.8 Å². The summed E-state index contributed by atoms with van der Waals surface area (Å²) in [6.45, 7) is 1.53. The zero-order chi connectivity index (χ0) is 28.7. The molecule has 0 aliphatic rings. The summed E-state index contributed by atoms with van der Waals surface area (Å²) in [5.41, 5.74) is 17.1. The van der Waals surface area contributed by atoms with Crippen LogP contribution in [0.15, 0.2) is 35.3 Å². The fourth-order valence-corrected chi connectivity index (χ4v) is 3.83. The Morgan fingerprint density at radius 2 is 1.53 bits per heavy atom. The van der Waals surface area contributed by atoms with Crippen LogP contribution in [0.4, 0.5) is 0 Å². The second kappa shape index (κ2) is 17.2. The van der Waals surface area contributed by atoms with Crippen molar-refractivity contribution < 1.29 is 29.4 Å². The Labute approximate surface area is 226 Å². The van der Waals surface area contributed by atoms with Gasteiger partial charge < -0.3 is 43.4 Å². The topological polar surface area (TPSA) is 235 Å². The Hall–Kier alpha value is -3.36. The molecule has 5 unspecified atom stereocenters. The number of aliphatic imine (C=N–C) groups is 1. The lowest BCUT2D eigenvalue weighted by Crippen LogP contribution is -2.58. The van der Waals surface area contributed by atoms with Gasteiger partial charge in [-0.1, -0.05) is 30.3 Å². The number of hydrogen-bond acceptors (Lipinski definition) is 8. The number of nitrogens with zero attached hydrogens (tertiary/aromatic N) is 1. The molecule has 0 saturated heterocycles. The molecule has 0 bridgehead atoms. The summed E-state index contributed by atoms with van der Waals surface area (Å²) in [6.07, 6.45) is 1.36. The highest BCUT2D eigenvalue weighted by atomic mass is 32.2. The van der Waals surface area contributed by atoms with Crippen LogP contribution in [0.25, 0.3) is 0 Å². The Morgan fingerprint density at radius 3 is 2.08 bits per heavy atom. The van der Waals surface area contributed by atoms with E-state index in [2.05, 4.69) is 20.9 Å². The van der Waals surface area contributed by atoms with Gasteiger partial charge in [0.05, 0.1) is 6.10 Å². The van der Waals surface area contributed by atoms with Crippen LogP contribution in [0.1, 0.15) is 31.7 Å². The van der Waals surface area contributed by atoms with Crippen LogP contribution >= 0.6 is 11.8 Å². The van der Waals surface area contributed by atoms with Crippen LogP contribution in [0.2, 0.25) is 0 Å². The average molecular weight is 554 g/mol. The molecule has 38 heavy (non-hydrogen) atoms. The lowest BCUT2D eigenvalue weighted by Gasteiger charge is -2.25. The summed E-state index contributed by atoms with van der Waals surface area (Å²) in [5, 5.41) is 26.8. The van der Waals surface area contributed by atoms with Gasteiger partial charge in [-0.15, -0.1) is 0 Å². The smallest absolute Gasteiger partial charge is 0.326 e. The van der Waals surface area contributed by atoms with E-state index < -0.39 is 54.0 Å². The summed E-state index contributed by atoms with van der Waals surface area (Å²) in [7, 11) is 0. The summed E-state index contributed by atoms with van der Waals surface area (Å²) >= 11 is 1.44. The molecule has 0 aromatic heterocycles. The number of carboxylic acids is 1. The van der Waals surface area contributed by atoms with Gasteiger partial charge in [-0.05, 0) is 43.8 Å². The van der Waals surface area contributed by atoms with Gasteiger partial charge in [-0.25, -0.2) is 4.79 Å². The third-order valence-electron chi connectivity index (χ3n) is 5.54. The molecule has 212 valence electrons. The number of thioether (sulfide) groups is 1. The first-order valence-corrected chi connectivity index (χ1v) is 13.5. The second-order valence-electron chi connectivity index (χ2n) is 8.71. The molecule has 0 aliphatic heterocycles. The molecule has 1 aromatic rings. The van der Waals surface area contributed by atoms with Gasteiger partial charge in [-0.3, -0.25) is 19.4 Å². The van der Waals surface area contributed by atoms with Crippen molar-refractivity contribution >= 4 is 41.4 Å². The summed E-state index contributed by atoms with van der Waals surface area (Å²) in [5.74, 6) is -2.92. The Kier molecular flexibility index (Phi) is 14.8. The van der Waals surface area contributed by atoms with Gasteiger partial charge in [0.1, 0.15) is 24.2 Å². The highest BCUT2D eigenvalue weighted by Crippen LogP contribution is 2.08. The molecule has 0 saturated carbocycles. The van der Waals surface area contributed by atoms with E-state index >= 15 is 0 Å². The van der Waals surface area contributed by atoms with Gasteiger partial charge in [0.2, 0.25) is 17.7 Å². The number of guanidine groups is 1. The quantitative estimate of drug-likeness (QED) is 0.0617. The first kappa shape index (κ1) is 32.7. The predicted molar refractivity (Wildman–Crippen MR) is 146 cm³/mol. The fraction of sp³-hybridized carbons (Fsp3) is 0.542. The normalized spacial score (nSPS) is 14.7. The van der Waals surface area contributed by atoms with Crippen molar-refractivity contribution in [1.82, 2.24) is 16.0 Å². The molecular weight excluding hydrogens is 514 g/mol. The van der Waals surface area contributed by atoms with E-state index in [1.807, 2.05) is 6.26 Å². The van der Waals surface area contributed by atoms with Crippen molar-refractivity contribution in [3.05, 3.63) is 35.9 Å². The number of rotatable bonds is 17. The van der Waals surface area contributed by atoms with Crippen LogP contribution < -0.4 is 33.2 Å². The summed E-state index contributed by atoms with van der Waals surface area (Å²) in [6, 6.07) is 4.21. The monoisotopic (exact) mass is 553 g/mol. The minimum Gasteiger partial charge on any atom is -0.480 e. The molecule has 5 atom stereocenters. The van der Waals surface area contributed by atoms with Crippen molar-refractivity contribution in [2.45, 2.75) is 62.9 Å². The molecule has 13 nitrogen and oxygen atoms in total. The number of carbonyl (C=O) groups excluding carboxylic acids is 3. The van der Waals surface area contributed by atoms with Crippen LogP contribution in [-0.2, 0) is 25.6 Å². The minimum atomic E-state index is -1.28. The second-order valence-corrected chi connectivity index (χ2v) is 9.69. The molecule has 3 amide bonds. The van der Waals surface area contributed by atoms with E-state index in [9.17, 15) is 29.4 Å². The molecule has 1 rings (SSSR count). The Morgan fingerprint density at radius 1 is 0.947 bits per heavy atom. The largest absolute Gasteiger partial charge is 0.480 e. The fourth-order valence-electron chi connectivity index (χ4n) is 3.36. The van der Waals surface area contributed by atoms with Gasteiger partial charge in [0.15, 0.2) is 5.96 Å². The van der Waals surface area contributed by atoms with Crippen molar-refractivity contribution in [3.8, 4) is 0 Å². The van der Waals surface area contributed by atoms with Crippen molar-refractivity contribution in [1.29, 1.82) is 0 Å². The lowest BCUT2D eigenvalue weighted by molar-refractivity contribution is -0.142. The van der Waals surface area contributed by atoms with E-state index in [4.69, 9.17) is 17.2 Å². The third kappa shape index (κ3) is 12.3. The molecule has 14 heteroatoms. The molecule has 0 fully saturated rings. The molecule has 1 aromatic carbocycles. The van der Waals surface area contributed by atoms with Gasteiger partial charge in [0, 0.05) is 13.0 Å². The zero-order valence-corrected chi connectivity index (χ0v) is 22.4. The maximum Gasteiger partial charge on any atom is 0.326 e. The zero-order valence-electron chi connectivity index (χ0n) is 21.6. The maximum atomic E-state index is 13.3. The molecule has 0 radical (unpaired) electrons. The number of nitrogens with two attached hydrogens (primary N) is 3. The SMILES string of the molecule is CSCCC(NC(=O)C(Cc1ccccc1)NC(=O)C(CCCN=C(N)N)NC(=O)C(N)C(C)O)C(=O)O. The Balaban J connectivity index is 3.14. The van der Waals surface area contributed by atoms with E-state index in [0.717, 1.165) is 5.56 Å². The van der Waals surface area contributed by atoms with Crippen molar-refractivity contribution in [2.75, 3.05) is 18.6 Å². The first-order valence-electron chi connectivity index (χ1n) is 12.1. The number of carboxylic acid groups (broad SMARTS) is 1. The van der Waals surface area contributed by atoms with Gasteiger partial charge in [-0.2, -0.15) is 11.8 Å². The van der Waals surface area contributed by atoms with Crippen molar-refractivity contribution in [2.24, 2.45) is 22.2 Å². The summed E-state index contributed by atoms with van der Waals surface area (Å²) < 4.78 is 0. The number of nitrogens with one attached hydrogen (secondary N) is 3. The number of aliphatic hydroxyl groups is 1. The molecule has 11 N–H and O–H groups in total. The van der Waals surface area contributed by atoms with Gasteiger partial charge in [0.25, 0.3) is 0 Å².